The number of nitro groups is 1. The highest BCUT2D eigenvalue weighted by molar-refractivity contribution is 7.62. The molecule has 0 aliphatic carbocycles. The molecular formula is C6H3NO2S2-2. The van der Waals surface area contributed by atoms with Gasteiger partial charge >= 0.3 is 0 Å². The van der Waals surface area contributed by atoms with Crippen LogP contribution in [0.15, 0.2) is 28.0 Å². The van der Waals surface area contributed by atoms with E-state index in [-0.39, 0.29) is 10.6 Å². The van der Waals surface area contributed by atoms with Crippen molar-refractivity contribution in [3.63, 3.8) is 0 Å². The molecule has 0 radical (unpaired) electrons. The number of nitro benzene ring substituents is 1. The molecule has 0 aliphatic rings. The zero-order valence-corrected chi connectivity index (χ0v) is 6.95. The van der Waals surface area contributed by atoms with Crippen LogP contribution in [0.1, 0.15) is 0 Å². The second-order valence-corrected chi connectivity index (χ2v) is 2.71. The van der Waals surface area contributed by atoms with Crippen LogP contribution in [-0.2, 0) is 25.3 Å². The summed E-state index contributed by atoms with van der Waals surface area (Å²) in [6.45, 7) is 0. The number of rotatable bonds is 1. The average Bonchev–Trinajstić information content (AvgIpc) is 1.94. The van der Waals surface area contributed by atoms with E-state index in [0.29, 0.717) is 4.90 Å². The molecule has 58 valence electrons. The van der Waals surface area contributed by atoms with Gasteiger partial charge in [-0.15, -0.1) is 4.90 Å². The molecule has 1 aromatic rings. The Morgan fingerprint density at radius 3 is 2.45 bits per heavy atom. The lowest BCUT2D eigenvalue weighted by atomic mass is 10.3. The lowest BCUT2D eigenvalue weighted by Crippen LogP contribution is -1.91. The van der Waals surface area contributed by atoms with E-state index >= 15 is 0 Å². The second-order valence-electron chi connectivity index (χ2n) is 1.86. The van der Waals surface area contributed by atoms with Gasteiger partial charge in [-0.2, -0.15) is 4.90 Å². The molecule has 0 amide bonds. The van der Waals surface area contributed by atoms with Crippen LogP contribution in [0.4, 0.5) is 5.69 Å². The van der Waals surface area contributed by atoms with Crippen LogP contribution in [0, 0.1) is 10.1 Å². The minimum atomic E-state index is -0.530. The molecule has 0 saturated carbocycles. The van der Waals surface area contributed by atoms with E-state index in [0.717, 1.165) is 0 Å². The summed E-state index contributed by atoms with van der Waals surface area (Å²) in [6.07, 6.45) is 0. The molecular weight excluding hydrogens is 182 g/mol. The van der Waals surface area contributed by atoms with Crippen molar-refractivity contribution in [3.05, 3.63) is 28.3 Å². The Morgan fingerprint density at radius 2 is 2.00 bits per heavy atom. The van der Waals surface area contributed by atoms with E-state index in [4.69, 9.17) is 25.3 Å². The minimum Gasteiger partial charge on any atom is -0.781 e. The number of hydrogen-bond donors (Lipinski definition) is 0. The predicted molar refractivity (Wildman–Crippen MR) is 44.4 cm³/mol. The third-order valence-electron chi connectivity index (χ3n) is 1.15. The fourth-order valence-corrected chi connectivity index (χ4v) is 1.04. The Morgan fingerprint density at radius 1 is 1.36 bits per heavy atom. The molecule has 0 unspecified atom stereocenters. The van der Waals surface area contributed by atoms with Gasteiger partial charge in [0.05, 0.1) is 4.92 Å². The summed E-state index contributed by atoms with van der Waals surface area (Å²) in [7, 11) is 0. The molecule has 0 bridgehead atoms. The minimum absolute atomic E-state index is 0.0903. The molecule has 0 fully saturated rings. The van der Waals surface area contributed by atoms with Gasteiger partial charge in [0.25, 0.3) is 0 Å². The zero-order chi connectivity index (χ0) is 8.43. The average molecular weight is 185 g/mol. The van der Waals surface area contributed by atoms with E-state index in [9.17, 15) is 10.1 Å². The summed E-state index contributed by atoms with van der Waals surface area (Å²) in [5.74, 6) is 0. The van der Waals surface area contributed by atoms with Crippen molar-refractivity contribution in [1.29, 1.82) is 0 Å². The third kappa shape index (κ3) is 1.55. The molecule has 0 aromatic heterocycles. The Labute approximate surface area is 74.4 Å². The van der Waals surface area contributed by atoms with Crippen molar-refractivity contribution in [2.24, 2.45) is 0 Å². The van der Waals surface area contributed by atoms with Crippen LogP contribution in [0.3, 0.4) is 0 Å². The van der Waals surface area contributed by atoms with Crippen molar-refractivity contribution in [2.75, 3.05) is 0 Å². The van der Waals surface area contributed by atoms with E-state index in [1.807, 2.05) is 0 Å². The summed E-state index contributed by atoms with van der Waals surface area (Å²) in [6, 6.07) is 4.44. The van der Waals surface area contributed by atoms with Crippen molar-refractivity contribution >= 4 is 30.9 Å². The smallest absolute Gasteiger partial charge is 0.249 e. The molecule has 0 spiro atoms. The van der Waals surface area contributed by atoms with Gasteiger partial charge in [0, 0.05) is 6.07 Å². The maximum absolute atomic E-state index is 10.3. The monoisotopic (exact) mass is 185 g/mol. The largest absolute Gasteiger partial charge is 0.781 e. The van der Waals surface area contributed by atoms with Gasteiger partial charge < -0.3 is 25.3 Å². The molecule has 0 N–H and O–H groups in total. The van der Waals surface area contributed by atoms with Crippen LogP contribution < -0.4 is 0 Å². The summed E-state index contributed by atoms with van der Waals surface area (Å²) in [5, 5.41) is 10.3. The third-order valence-corrected chi connectivity index (χ3v) is 2.05. The van der Waals surface area contributed by atoms with Crippen molar-refractivity contribution in [1.82, 2.24) is 0 Å². The molecule has 0 atom stereocenters. The molecule has 5 heteroatoms. The van der Waals surface area contributed by atoms with E-state index in [1.54, 1.807) is 6.07 Å². The number of benzene rings is 1. The normalized spacial score (nSPS) is 9.45. The van der Waals surface area contributed by atoms with E-state index < -0.39 is 4.92 Å². The molecule has 1 aromatic carbocycles. The lowest BCUT2D eigenvalue weighted by molar-refractivity contribution is -0.388. The first kappa shape index (κ1) is 8.16. The molecule has 11 heavy (non-hydrogen) atoms. The van der Waals surface area contributed by atoms with Crippen LogP contribution in [0.2, 0.25) is 0 Å². The van der Waals surface area contributed by atoms with Gasteiger partial charge in [0.2, 0.25) is 5.69 Å². The fraction of sp³-hybridized carbons (Fsp3) is 0. The van der Waals surface area contributed by atoms with Gasteiger partial charge in [0.1, 0.15) is 0 Å². The van der Waals surface area contributed by atoms with E-state index in [2.05, 4.69) is 0 Å². The highest BCUT2D eigenvalue weighted by Gasteiger charge is 2.01. The van der Waals surface area contributed by atoms with Gasteiger partial charge in [-0.25, -0.2) is 0 Å². The predicted octanol–water partition coefficient (Wildman–Crippen LogP) is 1.41. The summed E-state index contributed by atoms with van der Waals surface area (Å²) in [4.78, 5) is 10.2. The maximum Gasteiger partial charge on any atom is 0.249 e. The first-order chi connectivity index (χ1) is 5.13. The molecule has 0 saturated heterocycles. The Bertz CT molecular complexity index is 301. The summed E-state index contributed by atoms with van der Waals surface area (Å²) >= 11 is 9.47. The Balaban J connectivity index is 3.27. The lowest BCUT2D eigenvalue weighted by Gasteiger charge is -2.17. The molecule has 0 heterocycles. The van der Waals surface area contributed by atoms with Gasteiger partial charge in [0.15, 0.2) is 0 Å². The molecule has 1 rings (SSSR count). The fourth-order valence-electron chi connectivity index (χ4n) is 0.648. The first-order valence-electron chi connectivity index (χ1n) is 2.74. The summed E-state index contributed by atoms with van der Waals surface area (Å²) < 4.78 is 0. The SMILES string of the molecule is O=[N+]([O-])c1cccc([S-])c1[S-]. The molecule has 0 aliphatic heterocycles. The zero-order valence-electron chi connectivity index (χ0n) is 5.31. The Hall–Kier alpha value is -0.940. The van der Waals surface area contributed by atoms with Crippen LogP contribution >= 0.6 is 0 Å². The van der Waals surface area contributed by atoms with Crippen molar-refractivity contribution in [2.45, 2.75) is 9.79 Å². The van der Waals surface area contributed by atoms with Crippen LogP contribution in [0.25, 0.3) is 0 Å². The van der Waals surface area contributed by atoms with Crippen molar-refractivity contribution < 1.29 is 4.92 Å². The number of nitrogens with zero attached hydrogens (tertiary/aromatic N) is 1. The highest BCUT2D eigenvalue weighted by atomic mass is 32.1. The maximum atomic E-state index is 10.3. The highest BCUT2D eigenvalue weighted by Crippen LogP contribution is 2.20. The first-order valence-corrected chi connectivity index (χ1v) is 3.56. The molecule has 3 nitrogen and oxygen atoms in total. The topological polar surface area (TPSA) is 43.1 Å². The van der Waals surface area contributed by atoms with Gasteiger partial charge in [-0.3, -0.25) is 10.1 Å². The standard InChI is InChI=1S/C6H5NO2S2/c8-7(9)4-2-1-3-5(10)6(4)11/h1-3,10-11H/p-2. The summed E-state index contributed by atoms with van der Waals surface area (Å²) in [5.41, 5.74) is -0.0903. The Kier molecular flexibility index (Phi) is 2.21. The van der Waals surface area contributed by atoms with Crippen molar-refractivity contribution in [3.8, 4) is 0 Å². The number of hydrogen-bond acceptors (Lipinski definition) is 4. The van der Waals surface area contributed by atoms with E-state index in [1.165, 1.54) is 12.1 Å². The second kappa shape index (κ2) is 2.98. The quantitative estimate of drug-likeness (QED) is 0.377. The van der Waals surface area contributed by atoms with Crippen LogP contribution in [-0.4, -0.2) is 4.92 Å². The van der Waals surface area contributed by atoms with Gasteiger partial charge in [-0.1, -0.05) is 12.1 Å². The van der Waals surface area contributed by atoms with Crippen LogP contribution in [0.5, 0.6) is 0 Å². The van der Waals surface area contributed by atoms with Gasteiger partial charge in [-0.05, 0) is 0 Å².